The zero-order valence-electron chi connectivity index (χ0n) is 26.3. The number of para-hydroxylation sites is 1. The Labute approximate surface area is 268 Å². The Morgan fingerprint density at radius 3 is 2.31 bits per heavy atom. The van der Waals surface area contributed by atoms with Gasteiger partial charge in [0.2, 0.25) is 0 Å². The summed E-state index contributed by atoms with van der Waals surface area (Å²) in [6.07, 6.45) is 4.22. The fourth-order valence-electron chi connectivity index (χ4n) is 7.13. The van der Waals surface area contributed by atoms with Gasteiger partial charge in [0.25, 0.3) is 5.91 Å². The third kappa shape index (κ3) is 6.86. The molecule has 3 aromatic rings. The summed E-state index contributed by atoms with van der Waals surface area (Å²) in [6, 6.07) is 16.6. The van der Waals surface area contributed by atoms with Crippen molar-refractivity contribution < 1.29 is 13.4 Å². The fourth-order valence-corrected chi connectivity index (χ4v) is 8.17. The first-order valence-electron chi connectivity index (χ1n) is 15.3. The topological polar surface area (TPSA) is 91.5 Å². The van der Waals surface area contributed by atoms with E-state index in [1.165, 1.54) is 23.4 Å². The number of piperidine rings is 1. The minimum Gasteiger partial charge on any atom is -0.370 e. The summed E-state index contributed by atoms with van der Waals surface area (Å²) in [4.78, 5) is 20.2. The van der Waals surface area contributed by atoms with Crippen molar-refractivity contribution in [3.63, 3.8) is 0 Å². The molecule has 2 heterocycles. The van der Waals surface area contributed by atoms with E-state index in [0.717, 1.165) is 54.7 Å². The van der Waals surface area contributed by atoms with Gasteiger partial charge in [0.1, 0.15) is 16.8 Å². The van der Waals surface area contributed by atoms with Crippen molar-refractivity contribution >= 4 is 27.0 Å². The number of hydrogen-bond donors (Lipinski definition) is 1. The van der Waals surface area contributed by atoms with Crippen molar-refractivity contribution in [2.45, 2.75) is 65.3 Å². The van der Waals surface area contributed by atoms with Gasteiger partial charge in [-0.3, -0.25) is 4.79 Å². The van der Waals surface area contributed by atoms with Gasteiger partial charge in [-0.25, -0.2) is 13.4 Å². The number of amides is 1. The highest BCUT2D eigenvalue weighted by atomic mass is 32.2. The minimum atomic E-state index is -3.27. The third-order valence-electron chi connectivity index (χ3n) is 9.38. The van der Waals surface area contributed by atoms with Crippen LogP contribution in [0.5, 0.6) is 0 Å². The number of nitrogens with zero attached hydrogens (tertiary/aromatic N) is 4. The van der Waals surface area contributed by atoms with Gasteiger partial charge in [-0.1, -0.05) is 31.7 Å². The summed E-state index contributed by atoms with van der Waals surface area (Å²) >= 11 is 0. The molecule has 1 amide bonds. The lowest BCUT2D eigenvalue weighted by atomic mass is 9.83. The van der Waals surface area contributed by atoms with Crippen LogP contribution in [0.4, 0.5) is 15.8 Å². The van der Waals surface area contributed by atoms with Crippen LogP contribution in [0.2, 0.25) is 0 Å². The van der Waals surface area contributed by atoms with Crippen LogP contribution in [-0.4, -0.2) is 60.0 Å². The van der Waals surface area contributed by atoms with Gasteiger partial charge < -0.3 is 14.7 Å². The first-order valence-corrected chi connectivity index (χ1v) is 17.3. The monoisotopic (exact) mass is 631 g/mol. The molecule has 2 fully saturated rings. The average Bonchev–Trinajstić information content (AvgIpc) is 2.98. The predicted molar refractivity (Wildman–Crippen MR) is 181 cm³/mol. The molecule has 0 bridgehead atoms. The highest BCUT2D eigenvalue weighted by Crippen LogP contribution is 2.34. The molecule has 0 spiro atoms. The molecule has 5 rings (SSSR count). The largest absolute Gasteiger partial charge is 0.370 e. The van der Waals surface area contributed by atoms with Gasteiger partial charge in [-0.05, 0) is 99.4 Å². The highest BCUT2D eigenvalue weighted by Gasteiger charge is 2.33. The second-order valence-electron chi connectivity index (χ2n) is 12.5. The van der Waals surface area contributed by atoms with Crippen molar-refractivity contribution in [3.05, 3.63) is 87.7 Å². The molecule has 0 aliphatic carbocycles. The Kier molecular flexibility index (Phi) is 10.3. The molecular weight excluding hydrogens is 585 g/mol. The van der Waals surface area contributed by atoms with Crippen molar-refractivity contribution in [3.8, 4) is 6.07 Å². The van der Waals surface area contributed by atoms with E-state index in [1.54, 1.807) is 12.1 Å². The number of carbonyl (C=O) groups is 1. The highest BCUT2D eigenvalue weighted by molar-refractivity contribution is 7.91. The number of rotatable bonds is 6. The van der Waals surface area contributed by atoms with Crippen LogP contribution < -0.4 is 9.80 Å². The number of carbonyl (C=O) groups excluding carboxylic acids is 1. The summed E-state index contributed by atoms with van der Waals surface area (Å²) in [7, 11) is -3.27. The first-order chi connectivity index (χ1) is 20.9. The predicted octanol–water partition coefficient (Wildman–Crippen LogP) is 7.10. The van der Waals surface area contributed by atoms with E-state index in [2.05, 4.69) is 30.9 Å². The normalized spacial score (nSPS) is 18.6. The summed E-state index contributed by atoms with van der Waals surface area (Å²) in [5, 5.41) is 9.53. The van der Waals surface area contributed by atoms with Crippen molar-refractivity contribution in [1.29, 1.82) is 10.0 Å². The van der Waals surface area contributed by atoms with E-state index in [9.17, 15) is 18.7 Å². The molecule has 2 atom stereocenters. The van der Waals surface area contributed by atoms with E-state index in [4.69, 9.17) is 4.78 Å². The molecule has 240 valence electrons. The second-order valence-corrected chi connectivity index (χ2v) is 14.6. The molecular formula is C36H46FN5O2S. The van der Waals surface area contributed by atoms with Crippen LogP contribution in [-0.2, 0) is 16.1 Å². The summed E-state index contributed by atoms with van der Waals surface area (Å²) in [5.41, 5.74) is 7.44. The molecule has 1 N–H and O–H groups in total. The summed E-state index contributed by atoms with van der Waals surface area (Å²) in [6.45, 7) is 11.4. The van der Waals surface area contributed by atoms with Gasteiger partial charge in [0.05, 0.1) is 26.7 Å². The second kappa shape index (κ2) is 13.6. The molecule has 0 aromatic heterocycles. The smallest absolute Gasteiger partial charge is 0.254 e. The van der Waals surface area contributed by atoms with Gasteiger partial charge in [-0.15, -0.1) is 0 Å². The molecule has 9 heteroatoms. The zero-order chi connectivity index (χ0) is 31.8. The minimum absolute atomic E-state index is 0. The van der Waals surface area contributed by atoms with Crippen molar-refractivity contribution in [1.82, 2.24) is 4.90 Å². The molecule has 45 heavy (non-hydrogen) atoms. The SMILES string of the molecule is C.Cc1cc(C)c(C(=O)N2CCN(c3cccc(F)c3[S@](C)(=N)=O)C[C@@H]2C)c(C)c1CC1CCN(c2ccccc2C#N)CC1. The van der Waals surface area contributed by atoms with Gasteiger partial charge in [0.15, 0.2) is 0 Å². The number of halogens is 1. The molecule has 3 aromatic carbocycles. The van der Waals surface area contributed by atoms with Crippen molar-refractivity contribution in [2.24, 2.45) is 5.92 Å². The lowest BCUT2D eigenvalue weighted by Crippen LogP contribution is -2.54. The van der Waals surface area contributed by atoms with E-state index in [0.29, 0.717) is 36.8 Å². The van der Waals surface area contributed by atoms with Crippen LogP contribution in [0.1, 0.15) is 65.4 Å². The maximum atomic E-state index is 14.7. The van der Waals surface area contributed by atoms with E-state index < -0.39 is 15.5 Å². The first kappa shape index (κ1) is 34.0. The Bertz CT molecular complexity index is 1720. The molecule has 0 saturated carbocycles. The molecule has 2 aliphatic rings. The average molecular weight is 632 g/mol. The van der Waals surface area contributed by atoms with Crippen LogP contribution >= 0.6 is 0 Å². The number of aryl methyl sites for hydroxylation is 2. The van der Waals surface area contributed by atoms with Crippen LogP contribution in [0.15, 0.2) is 53.4 Å². The Morgan fingerprint density at radius 2 is 1.67 bits per heavy atom. The number of hydrogen-bond acceptors (Lipinski definition) is 6. The van der Waals surface area contributed by atoms with Crippen molar-refractivity contribution in [2.75, 3.05) is 48.8 Å². The Hall–Kier alpha value is -3.90. The van der Waals surface area contributed by atoms with E-state index in [-0.39, 0.29) is 24.3 Å². The Morgan fingerprint density at radius 1 is 1.00 bits per heavy atom. The van der Waals surface area contributed by atoms with E-state index in [1.807, 2.05) is 47.9 Å². The molecule has 2 saturated heterocycles. The third-order valence-corrected chi connectivity index (χ3v) is 10.6. The fraction of sp³-hybridized carbons (Fsp3) is 0.444. The standard InChI is InChI=1S/C35H42FN5O2S.CH4/c1-23-19-24(2)33(26(4)29(23)20-27-13-15-39(16-14-27)31-11-7-6-9-28(31)21-37)35(42)41-18-17-40(22-25(41)3)32-12-8-10-30(36)34(32)44(5,38)43;/h6-12,19,25,27,38H,13-18,20,22H2,1-5H3;1H4/t25-,44+;/m0./s1. The lowest BCUT2D eigenvalue weighted by molar-refractivity contribution is 0.0672. The van der Waals surface area contributed by atoms with Gasteiger partial charge >= 0.3 is 0 Å². The molecule has 0 unspecified atom stereocenters. The quantitative estimate of drug-likeness (QED) is 0.313. The van der Waals surface area contributed by atoms with Crippen LogP contribution in [0.3, 0.4) is 0 Å². The lowest BCUT2D eigenvalue weighted by Gasteiger charge is -2.42. The van der Waals surface area contributed by atoms with E-state index >= 15 is 0 Å². The number of nitriles is 1. The maximum Gasteiger partial charge on any atom is 0.254 e. The number of nitrogens with one attached hydrogen (secondary N) is 1. The summed E-state index contributed by atoms with van der Waals surface area (Å²) < 4.78 is 35.4. The van der Waals surface area contributed by atoms with Crippen LogP contribution in [0.25, 0.3) is 0 Å². The number of piperazine rings is 1. The maximum absolute atomic E-state index is 14.7. The molecule has 7 nitrogen and oxygen atoms in total. The molecule has 2 aliphatic heterocycles. The summed E-state index contributed by atoms with van der Waals surface area (Å²) in [5.74, 6) is -0.125. The van der Waals surface area contributed by atoms with Gasteiger partial charge in [0, 0.05) is 50.6 Å². The van der Waals surface area contributed by atoms with Gasteiger partial charge in [-0.2, -0.15) is 5.26 Å². The zero-order valence-corrected chi connectivity index (χ0v) is 27.1. The molecule has 0 radical (unpaired) electrons. The number of anilines is 2. The number of benzene rings is 3. The Balaban J connectivity index is 0.00000461. The van der Waals surface area contributed by atoms with Crippen LogP contribution in [0, 0.1) is 48.6 Å².